The molecule has 1 unspecified atom stereocenters. The maximum Gasteiger partial charge on any atom is 0.315 e. The largest absolute Gasteiger partial charge is 0.377 e. The summed E-state index contributed by atoms with van der Waals surface area (Å²) in [5.74, 6) is -0.579. The van der Waals surface area contributed by atoms with Gasteiger partial charge in [-0.3, -0.25) is 0 Å². The number of nitrogens with one attached hydrogen (secondary N) is 2. The molecule has 7 heteroatoms. The van der Waals surface area contributed by atoms with Crippen LogP contribution in [0.2, 0.25) is 10.0 Å². The molecule has 26 heavy (non-hydrogen) atoms. The molecule has 0 spiro atoms. The molecule has 0 aliphatic rings. The third-order valence-electron chi connectivity index (χ3n) is 3.87. The lowest BCUT2D eigenvalue weighted by atomic mass is 10.1. The van der Waals surface area contributed by atoms with Crippen molar-refractivity contribution in [1.29, 1.82) is 0 Å². The number of halogens is 3. The van der Waals surface area contributed by atoms with Gasteiger partial charge in [0.1, 0.15) is 5.82 Å². The fraction of sp³-hybridized carbons (Fsp3) is 0.316. The zero-order chi connectivity index (χ0) is 19.1. The molecule has 0 fully saturated rings. The van der Waals surface area contributed by atoms with Gasteiger partial charge in [-0.25, -0.2) is 9.18 Å². The molecule has 2 rings (SSSR count). The standard InChI is InChI=1S/C19H21Cl2FN2O2/c1-3-26-11-14-7-5-4-6-13(14)10-23-19(25)24-12(2)15-8-18(22)17(21)9-16(15)20/h4-9,12H,3,10-11H2,1-2H3,(H2,23,24,25). The second kappa shape index (κ2) is 9.76. The first-order valence-corrected chi connectivity index (χ1v) is 9.01. The monoisotopic (exact) mass is 398 g/mol. The summed E-state index contributed by atoms with van der Waals surface area (Å²) in [6, 6.07) is 9.43. The molecule has 4 nitrogen and oxygen atoms in total. The van der Waals surface area contributed by atoms with Crippen molar-refractivity contribution in [2.45, 2.75) is 33.0 Å². The van der Waals surface area contributed by atoms with Crippen LogP contribution in [0, 0.1) is 5.82 Å². The van der Waals surface area contributed by atoms with Gasteiger partial charge in [0.25, 0.3) is 0 Å². The van der Waals surface area contributed by atoms with Gasteiger partial charge in [-0.1, -0.05) is 47.5 Å². The van der Waals surface area contributed by atoms with E-state index in [1.807, 2.05) is 31.2 Å². The van der Waals surface area contributed by atoms with Gasteiger partial charge in [0.15, 0.2) is 0 Å². The molecule has 2 aromatic carbocycles. The lowest BCUT2D eigenvalue weighted by Crippen LogP contribution is -2.37. The summed E-state index contributed by atoms with van der Waals surface area (Å²) >= 11 is 11.8. The molecule has 140 valence electrons. The lowest BCUT2D eigenvalue weighted by Gasteiger charge is -2.17. The molecule has 2 N–H and O–H groups in total. The van der Waals surface area contributed by atoms with Gasteiger partial charge < -0.3 is 15.4 Å². The van der Waals surface area contributed by atoms with Gasteiger partial charge in [0.2, 0.25) is 0 Å². The van der Waals surface area contributed by atoms with Gasteiger partial charge in [-0.05, 0) is 42.7 Å². The number of ether oxygens (including phenoxy) is 1. The van der Waals surface area contributed by atoms with Crippen LogP contribution in [-0.4, -0.2) is 12.6 Å². The Morgan fingerprint density at radius 2 is 1.88 bits per heavy atom. The molecular weight excluding hydrogens is 378 g/mol. The Kier molecular flexibility index (Phi) is 7.69. The summed E-state index contributed by atoms with van der Waals surface area (Å²) in [5.41, 5.74) is 2.45. The fourth-order valence-electron chi connectivity index (χ4n) is 2.45. The van der Waals surface area contributed by atoms with E-state index < -0.39 is 11.9 Å². The molecule has 1 atom stereocenters. The van der Waals surface area contributed by atoms with Crippen molar-refractivity contribution in [3.05, 3.63) is 69.0 Å². The Hall–Kier alpha value is -1.82. The Balaban J connectivity index is 1.96. The molecule has 0 saturated heterocycles. The molecule has 2 aromatic rings. The normalized spacial score (nSPS) is 11.9. The molecular formula is C19H21Cl2FN2O2. The highest BCUT2D eigenvalue weighted by molar-refractivity contribution is 6.35. The minimum Gasteiger partial charge on any atom is -0.377 e. The fourth-order valence-corrected chi connectivity index (χ4v) is 3.00. The number of carbonyl (C=O) groups excluding carboxylic acids is 1. The van der Waals surface area contributed by atoms with Gasteiger partial charge in [-0.15, -0.1) is 0 Å². The predicted octanol–water partition coefficient (Wildman–Crippen LogP) is 5.23. The van der Waals surface area contributed by atoms with Crippen LogP contribution in [0.3, 0.4) is 0 Å². The SMILES string of the molecule is CCOCc1ccccc1CNC(=O)NC(C)c1cc(F)c(Cl)cc1Cl. The molecule has 0 aliphatic carbocycles. The van der Waals surface area contributed by atoms with Crippen molar-refractivity contribution in [1.82, 2.24) is 10.6 Å². The van der Waals surface area contributed by atoms with Crippen molar-refractivity contribution in [2.24, 2.45) is 0 Å². The molecule has 0 aromatic heterocycles. The molecule has 0 radical (unpaired) electrons. The molecule has 0 heterocycles. The van der Waals surface area contributed by atoms with Crippen LogP contribution in [0.1, 0.15) is 36.6 Å². The minimum absolute atomic E-state index is 0.0543. The van der Waals surface area contributed by atoms with E-state index in [1.165, 1.54) is 12.1 Å². The minimum atomic E-state index is -0.579. The van der Waals surface area contributed by atoms with Crippen LogP contribution in [0.15, 0.2) is 36.4 Å². The first-order valence-electron chi connectivity index (χ1n) is 8.25. The van der Waals surface area contributed by atoms with Gasteiger partial charge >= 0.3 is 6.03 Å². The van der Waals surface area contributed by atoms with Crippen molar-refractivity contribution >= 4 is 29.2 Å². The number of rotatable bonds is 7. The van der Waals surface area contributed by atoms with E-state index in [-0.39, 0.29) is 11.1 Å². The van der Waals surface area contributed by atoms with Gasteiger partial charge in [0.05, 0.1) is 17.7 Å². The quantitative estimate of drug-likeness (QED) is 0.627. The molecule has 0 saturated carbocycles. The number of benzene rings is 2. The van der Waals surface area contributed by atoms with Crippen LogP contribution in [-0.2, 0) is 17.9 Å². The van der Waals surface area contributed by atoms with Crippen molar-refractivity contribution in [2.75, 3.05) is 6.61 Å². The predicted molar refractivity (Wildman–Crippen MR) is 102 cm³/mol. The van der Waals surface area contributed by atoms with E-state index in [0.29, 0.717) is 30.3 Å². The maximum atomic E-state index is 13.6. The Morgan fingerprint density at radius 3 is 2.58 bits per heavy atom. The summed E-state index contributed by atoms with van der Waals surface area (Å²) in [4.78, 5) is 12.2. The van der Waals surface area contributed by atoms with Crippen LogP contribution >= 0.6 is 23.2 Å². The van der Waals surface area contributed by atoms with Crippen LogP contribution in [0.5, 0.6) is 0 Å². The smallest absolute Gasteiger partial charge is 0.315 e. The first kappa shape index (κ1) is 20.5. The summed E-state index contributed by atoms with van der Waals surface area (Å²) in [5, 5.41) is 5.78. The van der Waals surface area contributed by atoms with E-state index in [4.69, 9.17) is 27.9 Å². The highest BCUT2D eigenvalue weighted by atomic mass is 35.5. The number of urea groups is 1. The Bertz CT molecular complexity index is 771. The van der Waals surface area contributed by atoms with Crippen LogP contribution in [0.4, 0.5) is 9.18 Å². The van der Waals surface area contributed by atoms with Gasteiger partial charge in [0, 0.05) is 18.2 Å². The average Bonchev–Trinajstić information content (AvgIpc) is 2.61. The number of amides is 2. The summed E-state index contributed by atoms with van der Waals surface area (Å²) < 4.78 is 19.1. The first-order chi connectivity index (χ1) is 12.4. The number of hydrogen-bond acceptors (Lipinski definition) is 2. The number of carbonyl (C=O) groups is 1. The second-order valence-corrected chi connectivity index (χ2v) is 6.56. The summed E-state index contributed by atoms with van der Waals surface area (Å²) in [6.45, 7) is 5.12. The summed E-state index contributed by atoms with van der Waals surface area (Å²) in [7, 11) is 0. The Morgan fingerprint density at radius 1 is 1.19 bits per heavy atom. The van der Waals surface area contributed by atoms with Gasteiger partial charge in [-0.2, -0.15) is 0 Å². The van der Waals surface area contributed by atoms with E-state index in [9.17, 15) is 9.18 Å². The maximum absolute atomic E-state index is 13.6. The summed E-state index contributed by atoms with van der Waals surface area (Å²) in [6.07, 6.45) is 0. The highest BCUT2D eigenvalue weighted by Gasteiger charge is 2.15. The average molecular weight is 399 g/mol. The topological polar surface area (TPSA) is 50.4 Å². The zero-order valence-corrected chi connectivity index (χ0v) is 16.1. The Labute approximate surface area is 162 Å². The van der Waals surface area contributed by atoms with Crippen molar-refractivity contribution < 1.29 is 13.9 Å². The third kappa shape index (κ3) is 5.59. The molecule has 0 bridgehead atoms. The highest BCUT2D eigenvalue weighted by Crippen LogP contribution is 2.28. The lowest BCUT2D eigenvalue weighted by molar-refractivity contribution is 0.133. The van der Waals surface area contributed by atoms with Crippen molar-refractivity contribution in [3.8, 4) is 0 Å². The van der Waals surface area contributed by atoms with E-state index in [2.05, 4.69) is 10.6 Å². The molecule has 2 amide bonds. The molecule has 0 aliphatic heterocycles. The van der Waals surface area contributed by atoms with E-state index >= 15 is 0 Å². The van der Waals surface area contributed by atoms with E-state index in [1.54, 1.807) is 6.92 Å². The van der Waals surface area contributed by atoms with E-state index in [0.717, 1.165) is 11.1 Å². The third-order valence-corrected chi connectivity index (χ3v) is 4.49. The van der Waals surface area contributed by atoms with Crippen LogP contribution < -0.4 is 10.6 Å². The second-order valence-electron chi connectivity index (χ2n) is 5.74. The van der Waals surface area contributed by atoms with Crippen molar-refractivity contribution in [3.63, 3.8) is 0 Å². The number of hydrogen-bond donors (Lipinski definition) is 2. The zero-order valence-electron chi connectivity index (χ0n) is 14.6. The van der Waals surface area contributed by atoms with Crippen LogP contribution in [0.25, 0.3) is 0 Å².